The van der Waals surface area contributed by atoms with Gasteiger partial charge in [0, 0.05) is 0 Å². The van der Waals surface area contributed by atoms with Crippen molar-refractivity contribution in [2.45, 2.75) is 32.4 Å². The van der Waals surface area contributed by atoms with E-state index >= 15 is 0 Å². The van der Waals surface area contributed by atoms with Gasteiger partial charge in [-0.05, 0) is 48.4 Å². The zero-order valence-corrected chi connectivity index (χ0v) is 9.77. The number of halogens is 3. The first-order valence-corrected chi connectivity index (χ1v) is 5.74. The van der Waals surface area contributed by atoms with Gasteiger partial charge in [-0.25, -0.2) is 0 Å². The Kier molecular flexibility index (Phi) is 2.94. The average Bonchev–Trinajstić information content (AvgIpc) is 2.26. The van der Waals surface area contributed by atoms with Crippen LogP contribution in [0.4, 0.5) is 13.2 Å². The second-order valence-corrected chi connectivity index (χ2v) is 5.13. The fourth-order valence-electron chi connectivity index (χ4n) is 2.51. The van der Waals surface area contributed by atoms with Crippen molar-refractivity contribution >= 4 is 0 Å². The summed E-state index contributed by atoms with van der Waals surface area (Å²) in [6.45, 7) is 2.55. The van der Waals surface area contributed by atoms with Crippen LogP contribution in [-0.2, 0) is 19.0 Å². The monoisotopic (exact) mass is 243 g/mol. The molecule has 2 rings (SSSR count). The molecule has 0 aliphatic heterocycles. The quantitative estimate of drug-likeness (QED) is 0.805. The molecule has 94 valence electrons. The summed E-state index contributed by atoms with van der Waals surface area (Å²) in [4.78, 5) is 0. The van der Waals surface area contributed by atoms with Crippen molar-refractivity contribution in [2.24, 2.45) is 11.1 Å². The molecule has 0 bridgehead atoms. The highest BCUT2D eigenvalue weighted by Gasteiger charge is 2.37. The van der Waals surface area contributed by atoms with E-state index in [0.29, 0.717) is 24.9 Å². The predicted molar refractivity (Wildman–Crippen MR) is 60.6 cm³/mol. The van der Waals surface area contributed by atoms with Crippen LogP contribution in [0.25, 0.3) is 0 Å². The zero-order valence-electron chi connectivity index (χ0n) is 9.77. The van der Waals surface area contributed by atoms with Crippen molar-refractivity contribution in [3.05, 3.63) is 34.9 Å². The van der Waals surface area contributed by atoms with Crippen molar-refractivity contribution < 1.29 is 13.2 Å². The van der Waals surface area contributed by atoms with Crippen LogP contribution in [0.1, 0.15) is 30.0 Å². The van der Waals surface area contributed by atoms with E-state index in [1.807, 2.05) is 6.92 Å². The molecule has 0 saturated carbocycles. The Hall–Kier alpha value is -1.03. The summed E-state index contributed by atoms with van der Waals surface area (Å²) in [7, 11) is 0. The number of fused-ring (bicyclic) bond motifs is 1. The van der Waals surface area contributed by atoms with E-state index in [-0.39, 0.29) is 5.41 Å². The van der Waals surface area contributed by atoms with Crippen LogP contribution in [0.15, 0.2) is 18.2 Å². The lowest BCUT2D eigenvalue weighted by Gasteiger charge is -2.34. The maximum atomic E-state index is 12.8. The molecule has 0 amide bonds. The molecule has 0 radical (unpaired) electrons. The van der Waals surface area contributed by atoms with Crippen LogP contribution in [0.5, 0.6) is 0 Å². The van der Waals surface area contributed by atoms with Crippen LogP contribution in [0.3, 0.4) is 0 Å². The summed E-state index contributed by atoms with van der Waals surface area (Å²) in [6, 6.07) is 4.45. The Morgan fingerprint density at radius 3 is 2.65 bits per heavy atom. The molecule has 4 heteroatoms. The number of alkyl halides is 3. The van der Waals surface area contributed by atoms with Crippen LogP contribution >= 0.6 is 0 Å². The first kappa shape index (κ1) is 12.4. The maximum Gasteiger partial charge on any atom is 0.416 e. The number of hydrogen-bond acceptors (Lipinski definition) is 1. The number of rotatable bonds is 1. The van der Waals surface area contributed by atoms with E-state index in [9.17, 15) is 13.2 Å². The molecule has 1 aromatic carbocycles. The topological polar surface area (TPSA) is 26.0 Å². The van der Waals surface area contributed by atoms with Gasteiger partial charge in [-0.1, -0.05) is 19.1 Å². The highest BCUT2D eigenvalue weighted by atomic mass is 19.4. The van der Waals surface area contributed by atoms with Crippen LogP contribution in [0, 0.1) is 5.41 Å². The fourth-order valence-corrected chi connectivity index (χ4v) is 2.51. The van der Waals surface area contributed by atoms with Gasteiger partial charge in [0.15, 0.2) is 0 Å². The third-order valence-corrected chi connectivity index (χ3v) is 3.67. The molecule has 0 saturated heterocycles. The van der Waals surface area contributed by atoms with E-state index < -0.39 is 11.7 Å². The summed E-state index contributed by atoms with van der Waals surface area (Å²) in [5.74, 6) is 0. The molecule has 1 aliphatic carbocycles. The lowest BCUT2D eigenvalue weighted by molar-refractivity contribution is -0.138. The Labute approximate surface area is 98.8 Å². The second-order valence-electron chi connectivity index (χ2n) is 5.13. The van der Waals surface area contributed by atoms with Gasteiger partial charge in [-0.3, -0.25) is 0 Å². The van der Waals surface area contributed by atoms with Gasteiger partial charge < -0.3 is 5.73 Å². The SMILES string of the molecule is CC1(CN)CCc2c(cccc2C(F)(F)F)C1. The summed E-state index contributed by atoms with van der Waals surface area (Å²) in [5.41, 5.74) is 6.43. The van der Waals surface area contributed by atoms with Crippen molar-refractivity contribution in [3.63, 3.8) is 0 Å². The zero-order chi connectivity index (χ0) is 12.7. The Morgan fingerprint density at radius 2 is 2.06 bits per heavy atom. The van der Waals surface area contributed by atoms with Gasteiger partial charge in [0.2, 0.25) is 0 Å². The van der Waals surface area contributed by atoms with Crippen molar-refractivity contribution in [1.29, 1.82) is 0 Å². The van der Waals surface area contributed by atoms with E-state index in [0.717, 1.165) is 12.0 Å². The first-order valence-electron chi connectivity index (χ1n) is 5.74. The normalized spacial score (nSPS) is 24.5. The van der Waals surface area contributed by atoms with Crippen LogP contribution < -0.4 is 5.73 Å². The highest BCUT2D eigenvalue weighted by molar-refractivity contribution is 5.39. The van der Waals surface area contributed by atoms with Crippen molar-refractivity contribution in [2.75, 3.05) is 6.54 Å². The molecule has 0 aromatic heterocycles. The fraction of sp³-hybridized carbons (Fsp3) is 0.538. The summed E-state index contributed by atoms with van der Waals surface area (Å²) >= 11 is 0. The minimum Gasteiger partial charge on any atom is -0.330 e. The first-order chi connectivity index (χ1) is 7.86. The van der Waals surface area contributed by atoms with E-state index in [4.69, 9.17) is 5.73 Å². The number of nitrogens with two attached hydrogens (primary N) is 1. The average molecular weight is 243 g/mol. The van der Waals surface area contributed by atoms with Gasteiger partial charge in [0.1, 0.15) is 0 Å². The van der Waals surface area contributed by atoms with E-state index in [1.54, 1.807) is 6.07 Å². The Bertz CT molecular complexity index is 425. The van der Waals surface area contributed by atoms with Crippen molar-refractivity contribution in [3.8, 4) is 0 Å². The molecule has 2 N–H and O–H groups in total. The molecule has 1 unspecified atom stereocenters. The van der Waals surface area contributed by atoms with Gasteiger partial charge >= 0.3 is 6.18 Å². The molecule has 0 spiro atoms. The molecule has 1 nitrogen and oxygen atoms in total. The van der Waals surface area contributed by atoms with E-state index in [1.165, 1.54) is 12.1 Å². The number of benzene rings is 1. The third kappa shape index (κ3) is 2.32. The maximum absolute atomic E-state index is 12.8. The molecular weight excluding hydrogens is 227 g/mol. The molecule has 17 heavy (non-hydrogen) atoms. The van der Waals surface area contributed by atoms with E-state index in [2.05, 4.69) is 0 Å². The van der Waals surface area contributed by atoms with Crippen LogP contribution in [0.2, 0.25) is 0 Å². The molecule has 1 aliphatic rings. The van der Waals surface area contributed by atoms with Crippen LogP contribution in [-0.4, -0.2) is 6.54 Å². The molecule has 1 atom stereocenters. The lowest BCUT2D eigenvalue weighted by Crippen LogP contribution is -2.34. The third-order valence-electron chi connectivity index (χ3n) is 3.67. The van der Waals surface area contributed by atoms with Gasteiger partial charge in [-0.15, -0.1) is 0 Å². The molecule has 1 aromatic rings. The summed E-state index contributed by atoms with van der Waals surface area (Å²) in [5, 5.41) is 0. The number of hydrogen-bond donors (Lipinski definition) is 1. The molecule has 0 heterocycles. The Morgan fingerprint density at radius 1 is 1.35 bits per heavy atom. The van der Waals surface area contributed by atoms with Gasteiger partial charge in [0.25, 0.3) is 0 Å². The highest BCUT2D eigenvalue weighted by Crippen LogP contribution is 2.40. The van der Waals surface area contributed by atoms with Gasteiger partial charge in [-0.2, -0.15) is 13.2 Å². The minimum atomic E-state index is -4.25. The summed E-state index contributed by atoms with van der Waals surface area (Å²) < 4.78 is 38.5. The lowest BCUT2D eigenvalue weighted by atomic mass is 9.72. The predicted octanol–water partition coefficient (Wildman–Crippen LogP) is 3.16. The minimum absolute atomic E-state index is 0.0583. The molecule has 0 fully saturated rings. The van der Waals surface area contributed by atoms with Crippen molar-refractivity contribution in [1.82, 2.24) is 0 Å². The van der Waals surface area contributed by atoms with Gasteiger partial charge in [0.05, 0.1) is 5.56 Å². The largest absolute Gasteiger partial charge is 0.416 e. The standard InChI is InChI=1S/C13H16F3N/c1-12(8-17)6-5-10-9(7-12)3-2-4-11(10)13(14,15)16/h2-4H,5-8,17H2,1H3. The Balaban J connectivity index is 2.43. The smallest absolute Gasteiger partial charge is 0.330 e. The second kappa shape index (κ2) is 4.02. The summed E-state index contributed by atoms with van der Waals surface area (Å²) in [6.07, 6.45) is -2.41. The molecular formula is C13H16F3N.